The van der Waals surface area contributed by atoms with Crippen LogP contribution >= 0.6 is 0 Å². The van der Waals surface area contributed by atoms with Gasteiger partial charge in [-0.25, -0.2) is 13.6 Å². The molecular weight excluding hydrogens is 448 g/mol. The van der Waals surface area contributed by atoms with E-state index < -0.39 is 53.5 Å². The zero-order valence-electron chi connectivity index (χ0n) is 21.1. The van der Waals surface area contributed by atoms with Crippen molar-refractivity contribution in [2.75, 3.05) is 7.11 Å². The van der Waals surface area contributed by atoms with E-state index in [1.807, 2.05) is 0 Å². The Hall–Kier alpha value is -3.04. The third-order valence-electron chi connectivity index (χ3n) is 5.84. The van der Waals surface area contributed by atoms with Crippen LogP contribution in [0.2, 0.25) is 1.41 Å². The summed E-state index contributed by atoms with van der Waals surface area (Å²) in [6.45, 7) is 6.58. The first-order valence-corrected chi connectivity index (χ1v) is 11.3. The van der Waals surface area contributed by atoms with Crippen molar-refractivity contribution >= 4 is 23.7 Å². The van der Waals surface area contributed by atoms with Crippen molar-refractivity contribution in [2.24, 2.45) is 11.8 Å². The molecule has 1 aliphatic rings. The molecule has 1 aliphatic heterocycles. The van der Waals surface area contributed by atoms with Gasteiger partial charge < -0.3 is 20.3 Å². The Morgan fingerprint density at radius 2 is 1.82 bits per heavy atom. The lowest BCUT2D eigenvalue weighted by Gasteiger charge is -2.28. The van der Waals surface area contributed by atoms with Crippen molar-refractivity contribution in [1.29, 1.82) is 0 Å². The minimum absolute atomic E-state index is 0.0117. The van der Waals surface area contributed by atoms with Gasteiger partial charge in [0.2, 0.25) is 17.7 Å². The van der Waals surface area contributed by atoms with Gasteiger partial charge in [0.05, 0.1) is 7.11 Å². The van der Waals surface area contributed by atoms with Crippen molar-refractivity contribution in [3.63, 3.8) is 0 Å². The monoisotopic (exact) mass is 482 g/mol. The Kier molecular flexibility index (Phi) is 8.95. The number of rotatable bonds is 10. The number of nitrogens with zero attached hydrogens (tertiary/aromatic N) is 1. The molecule has 8 nitrogen and oxygen atoms in total. The third kappa shape index (κ3) is 6.74. The quantitative estimate of drug-likeness (QED) is 0.498. The van der Waals surface area contributed by atoms with Crippen molar-refractivity contribution < 1.29 is 34.1 Å². The summed E-state index contributed by atoms with van der Waals surface area (Å²) in [6, 6.07) is 0.918. The Bertz CT molecular complexity index is 959. The summed E-state index contributed by atoms with van der Waals surface area (Å²) >= 11 is 0. The number of carbonyl (C=O) groups is 4. The number of esters is 1. The standard InChI is InChI=1S/C24H33F2N3O5/c1-13(2)21(23(32)28-22(14(3)4)24(33)34-5)27-18(30)11-16-9-10-19(31)29(16)12-15-7-6-8-17(25)20(15)26/h6-8,13-14,16,21-22H,9-12H2,1-5H3,(H,27,30)(H,28,32)/t16-,21-,22-/m0/s1/i/hD. The second-order valence-electron chi connectivity index (χ2n) is 9.10. The van der Waals surface area contributed by atoms with Crippen LogP contribution < -0.4 is 10.6 Å². The van der Waals surface area contributed by atoms with Crippen LogP contribution in [0.25, 0.3) is 0 Å². The molecule has 10 heteroatoms. The number of halogens is 2. The van der Waals surface area contributed by atoms with Gasteiger partial charge in [-0.15, -0.1) is 0 Å². The highest BCUT2D eigenvalue weighted by molar-refractivity contribution is 5.91. The normalized spacial score (nSPS) is 18.0. The van der Waals surface area contributed by atoms with Crippen LogP contribution in [0.4, 0.5) is 8.78 Å². The molecular formula is C24H33F2N3O5. The number of benzene rings is 1. The third-order valence-corrected chi connectivity index (χ3v) is 5.84. The highest BCUT2D eigenvalue weighted by atomic mass is 19.2. The largest absolute Gasteiger partial charge is 0.467 e. The minimum atomic E-state index is -1.19. The molecule has 0 radical (unpaired) electrons. The van der Waals surface area contributed by atoms with Gasteiger partial charge in [-0.1, -0.05) is 39.8 Å². The van der Waals surface area contributed by atoms with E-state index in [9.17, 15) is 28.0 Å². The number of amides is 3. The maximum atomic E-state index is 14.1. The van der Waals surface area contributed by atoms with Crippen LogP contribution in [0.3, 0.4) is 0 Å². The number of ether oxygens (including phenoxy) is 1. The molecule has 0 saturated carbocycles. The van der Waals surface area contributed by atoms with Gasteiger partial charge in [0, 0.05) is 31.0 Å². The van der Waals surface area contributed by atoms with Gasteiger partial charge in [0.25, 0.3) is 0 Å². The molecule has 1 saturated heterocycles. The smallest absolute Gasteiger partial charge is 0.328 e. The van der Waals surface area contributed by atoms with E-state index in [2.05, 4.69) is 5.32 Å². The molecule has 0 spiro atoms. The fourth-order valence-corrected chi connectivity index (χ4v) is 3.86. The number of methoxy groups -OCH3 is 1. The molecule has 3 atom stereocenters. The van der Waals surface area contributed by atoms with Crippen molar-refractivity contribution in [3.8, 4) is 0 Å². The first-order chi connectivity index (χ1) is 16.4. The van der Waals surface area contributed by atoms with Crippen LogP contribution in [-0.4, -0.2) is 53.8 Å². The Labute approximate surface area is 199 Å². The molecule has 3 amide bonds. The highest BCUT2D eigenvalue weighted by Crippen LogP contribution is 2.25. The van der Waals surface area contributed by atoms with Gasteiger partial charge in [-0.2, -0.15) is 0 Å². The predicted molar refractivity (Wildman–Crippen MR) is 120 cm³/mol. The molecule has 2 N–H and O–H groups in total. The zero-order chi connectivity index (χ0) is 26.4. The van der Waals surface area contributed by atoms with Crippen LogP contribution in [0.5, 0.6) is 0 Å². The van der Waals surface area contributed by atoms with E-state index in [0.717, 1.165) is 6.07 Å². The van der Waals surface area contributed by atoms with Crippen LogP contribution in [0, 0.1) is 23.5 Å². The fraction of sp³-hybridized carbons (Fsp3) is 0.583. The Morgan fingerprint density at radius 3 is 2.41 bits per heavy atom. The molecule has 34 heavy (non-hydrogen) atoms. The number of likely N-dealkylation sites (tertiary alicyclic amines) is 1. The Morgan fingerprint density at radius 1 is 1.18 bits per heavy atom. The summed E-state index contributed by atoms with van der Waals surface area (Å²) in [7, 11) is 1.20. The average molecular weight is 483 g/mol. The summed E-state index contributed by atoms with van der Waals surface area (Å²) < 4.78 is 40.8. The fourth-order valence-electron chi connectivity index (χ4n) is 3.86. The molecule has 2 rings (SSSR count). The highest BCUT2D eigenvalue weighted by Gasteiger charge is 2.35. The van der Waals surface area contributed by atoms with Gasteiger partial charge in [0.15, 0.2) is 13.0 Å². The van der Waals surface area contributed by atoms with E-state index in [1.54, 1.807) is 27.7 Å². The minimum Gasteiger partial charge on any atom is -0.467 e. The predicted octanol–water partition coefficient (Wildman–Crippen LogP) is 2.30. The molecule has 1 aromatic carbocycles. The summed E-state index contributed by atoms with van der Waals surface area (Å²) in [5.41, 5.74) is -0.0117. The maximum absolute atomic E-state index is 14.1. The summed E-state index contributed by atoms with van der Waals surface area (Å²) in [6.07, 6.45) is 0.190. The molecule has 188 valence electrons. The topological polar surface area (TPSA) is 105 Å². The van der Waals surface area contributed by atoms with E-state index in [4.69, 9.17) is 6.15 Å². The van der Waals surface area contributed by atoms with Gasteiger partial charge in [-0.05, 0) is 24.3 Å². The molecule has 0 bridgehead atoms. The van der Waals surface area contributed by atoms with Crippen molar-refractivity contribution in [1.82, 2.24) is 15.5 Å². The van der Waals surface area contributed by atoms with Gasteiger partial charge in [0.1, 0.15) is 12.1 Å². The summed E-state index contributed by atoms with van der Waals surface area (Å²) in [5, 5.41) is 3.14. The lowest BCUT2D eigenvalue weighted by Crippen LogP contribution is -2.55. The van der Waals surface area contributed by atoms with Gasteiger partial charge in [-0.3, -0.25) is 14.4 Å². The lowest BCUT2D eigenvalue weighted by atomic mass is 9.99. The second-order valence-corrected chi connectivity index (χ2v) is 9.10. The number of hydrogen-bond acceptors (Lipinski definition) is 5. The van der Waals surface area contributed by atoms with E-state index in [0.29, 0.717) is 11.7 Å². The average Bonchev–Trinajstić information content (AvgIpc) is 3.13. The molecule has 1 heterocycles. The van der Waals surface area contributed by atoms with Crippen LogP contribution in [0.1, 0.15) is 52.5 Å². The van der Waals surface area contributed by atoms with E-state index in [1.165, 1.54) is 24.1 Å². The summed E-state index contributed by atoms with van der Waals surface area (Å²) in [4.78, 5) is 51.7. The summed E-state index contributed by atoms with van der Waals surface area (Å²) in [5.74, 6) is -5.14. The van der Waals surface area contributed by atoms with Crippen LogP contribution in [0.15, 0.2) is 18.2 Å². The molecule has 0 unspecified atom stereocenters. The van der Waals surface area contributed by atoms with Crippen molar-refractivity contribution in [2.45, 2.75) is 71.6 Å². The molecule has 1 aromatic rings. The van der Waals surface area contributed by atoms with Crippen LogP contribution in [-0.2, 0) is 30.5 Å². The van der Waals surface area contributed by atoms with E-state index in [-0.39, 0.29) is 36.8 Å². The second kappa shape index (κ2) is 11.9. The number of nitrogens with one attached hydrogen (secondary N) is 2. The zero-order valence-corrected chi connectivity index (χ0v) is 20.1. The van der Waals surface area contributed by atoms with Gasteiger partial charge >= 0.3 is 5.97 Å². The number of hydrogen-bond donors (Lipinski definition) is 2. The molecule has 1 fully saturated rings. The lowest BCUT2D eigenvalue weighted by molar-refractivity contribution is -0.146. The Balaban J connectivity index is 2.14. The molecule has 0 aliphatic carbocycles. The van der Waals surface area contributed by atoms with E-state index >= 15 is 0 Å². The first-order valence-electron chi connectivity index (χ1n) is 11.7. The molecule has 0 aromatic heterocycles. The first kappa shape index (κ1) is 25.6. The van der Waals surface area contributed by atoms with Crippen molar-refractivity contribution in [3.05, 3.63) is 35.4 Å². The SMILES string of the molecule is [2H]N(C(=O)C[C@@H]1CCC(=O)N1Cc1cccc(F)c1F)[C@H](C(=O)N[C@H](C(=O)OC)C(C)C)C(C)C. The number of carbonyl (C=O) groups excluding carboxylic acids is 4. The maximum Gasteiger partial charge on any atom is 0.328 e.